The molecule has 0 aliphatic carbocycles. The van der Waals surface area contributed by atoms with Crippen LogP contribution >= 0.6 is 39.1 Å². The minimum Gasteiger partial charge on any atom is -0.436 e. The number of benzene rings is 1. The second kappa shape index (κ2) is 5.82. The van der Waals surface area contributed by atoms with Crippen molar-refractivity contribution in [3.05, 3.63) is 45.5 Å². The average molecular weight is 352 g/mol. The van der Waals surface area contributed by atoms with E-state index in [1.165, 1.54) is 24.5 Å². The fourth-order valence-corrected chi connectivity index (χ4v) is 2.04. The monoisotopic (exact) mass is 350 g/mol. The molecule has 0 N–H and O–H groups in total. The normalized spacial score (nSPS) is 10.4. The Hall–Kier alpha value is -0.910. The molecule has 0 atom stereocenters. The van der Waals surface area contributed by atoms with Crippen LogP contribution in [0.3, 0.4) is 0 Å². The molecule has 1 aromatic carbocycles. The second-order valence-electron chi connectivity index (χ2n) is 3.28. The van der Waals surface area contributed by atoms with Gasteiger partial charge in [-0.15, -0.1) is 11.6 Å². The Kier molecular flexibility index (Phi) is 4.37. The summed E-state index contributed by atoms with van der Waals surface area (Å²) in [6.45, 7) is 0. The van der Waals surface area contributed by atoms with Crippen LogP contribution in [0.4, 0.5) is 4.39 Å². The lowest BCUT2D eigenvalue weighted by Crippen LogP contribution is -1.94. The van der Waals surface area contributed by atoms with Crippen molar-refractivity contribution in [2.24, 2.45) is 0 Å². The third kappa shape index (κ3) is 3.10. The number of aromatic nitrogens is 2. The first-order valence-corrected chi connectivity index (χ1v) is 6.50. The van der Waals surface area contributed by atoms with Gasteiger partial charge >= 0.3 is 0 Å². The van der Waals surface area contributed by atoms with Gasteiger partial charge in [-0.3, -0.25) is 4.98 Å². The zero-order valence-corrected chi connectivity index (χ0v) is 11.9. The standard InChI is InChI=1S/C11H6BrCl2FN2O/c12-7-1-8(14)9(15)2-10(7)18-11-5-16-4-6(3-13)17-11/h1-2,4-5H,3H2. The van der Waals surface area contributed by atoms with Crippen LogP contribution < -0.4 is 4.74 Å². The molecule has 3 nitrogen and oxygen atoms in total. The maximum Gasteiger partial charge on any atom is 0.238 e. The topological polar surface area (TPSA) is 35.0 Å². The number of ether oxygens (including phenoxy) is 1. The number of halogens is 4. The van der Waals surface area contributed by atoms with E-state index in [0.717, 1.165) is 0 Å². The minimum atomic E-state index is -0.573. The van der Waals surface area contributed by atoms with Crippen molar-refractivity contribution < 1.29 is 9.13 Å². The first kappa shape index (κ1) is 13.5. The lowest BCUT2D eigenvalue weighted by Gasteiger charge is -2.08. The molecule has 18 heavy (non-hydrogen) atoms. The van der Waals surface area contributed by atoms with Gasteiger partial charge in [-0.25, -0.2) is 9.37 Å². The van der Waals surface area contributed by atoms with E-state index in [1.807, 2.05) is 0 Å². The van der Waals surface area contributed by atoms with E-state index in [4.69, 9.17) is 27.9 Å². The summed E-state index contributed by atoms with van der Waals surface area (Å²) in [6.07, 6.45) is 2.94. The molecule has 2 aromatic rings. The van der Waals surface area contributed by atoms with E-state index < -0.39 is 5.82 Å². The zero-order valence-electron chi connectivity index (χ0n) is 8.83. The maximum atomic E-state index is 13.3. The first-order chi connectivity index (χ1) is 8.60. The van der Waals surface area contributed by atoms with Crippen LogP contribution in [0.25, 0.3) is 0 Å². The zero-order chi connectivity index (χ0) is 13.1. The number of rotatable bonds is 3. The van der Waals surface area contributed by atoms with Gasteiger partial charge in [-0.05, 0) is 22.0 Å². The van der Waals surface area contributed by atoms with E-state index in [1.54, 1.807) is 0 Å². The Morgan fingerprint density at radius 3 is 2.83 bits per heavy atom. The van der Waals surface area contributed by atoms with Crippen LogP contribution in [-0.2, 0) is 5.88 Å². The van der Waals surface area contributed by atoms with Gasteiger partial charge in [0, 0.05) is 12.3 Å². The van der Waals surface area contributed by atoms with E-state index in [-0.39, 0.29) is 22.5 Å². The molecule has 0 radical (unpaired) electrons. The van der Waals surface area contributed by atoms with Gasteiger partial charge in [0.15, 0.2) is 0 Å². The highest BCUT2D eigenvalue weighted by molar-refractivity contribution is 9.10. The number of alkyl halides is 1. The molecule has 0 aliphatic heterocycles. The van der Waals surface area contributed by atoms with E-state index in [2.05, 4.69) is 25.9 Å². The SMILES string of the molecule is Fc1cc(Oc2cncc(CCl)n2)c(Br)cc1Cl. The van der Waals surface area contributed by atoms with Gasteiger partial charge in [0.1, 0.15) is 11.6 Å². The van der Waals surface area contributed by atoms with Crippen LogP contribution in [0.5, 0.6) is 11.6 Å². The van der Waals surface area contributed by atoms with Crippen molar-refractivity contribution in [1.82, 2.24) is 9.97 Å². The summed E-state index contributed by atoms with van der Waals surface area (Å²) in [5.41, 5.74) is 0.569. The molecule has 0 bridgehead atoms. The molecule has 94 valence electrons. The van der Waals surface area contributed by atoms with Gasteiger partial charge in [0.05, 0.1) is 27.3 Å². The second-order valence-corrected chi connectivity index (χ2v) is 4.81. The van der Waals surface area contributed by atoms with Gasteiger partial charge in [0.25, 0.3) is 0 Å². The molecule has 0 saturated heterocycles. The van der Waals surface area contributed by atoms with Crippen LogP contribution in [0.15, 0.2) is 29.0 Å². The molecule has 7 heteroatoms. The predicted molar refractivity (Wildman–Crippen MR) is 70.8 cm³/mol. The van der Waals surface area contributed by atoms with E-state index in [0.29, 0.717) is 10.2 Å². The summed E-state index contributed by atoms with van der Waals surface area (Å²) < 4.78 is 19.2. The molecule has 0 spiro atoms. The van der Waals surface area contributed by atoms with Gasteiger partial charge in [0.2, 0.25) is 5.88 Å². The first-order valence-electron chi connectivity index (χ1n) is 4.79. The summed E-state index contributed by atoms with van der Waals surface area (Å²) in [5.74, 6) is 0.144. The molecule has 0 unspecified atom stereocenters. The van der Waals surface area contributed by atoms with Crippen LogP contribution in [0.1, 0.15) is 5.69 Å². The predicted octanol–water partition coefficient (Wildman–Crippen LogP) is 4.56. The Morgan fingerprint density at radius 1 is 1.33 bits per heavy atom. The van der Waals surface area contributed by atoms with Gasteiger partial charge in [-0.2, -0.15) is 0 Å². The lowest BCUT2D eigenvalue weighted by molar-refractivity contribution is 0.451. The summed E-state index contributed by atoms with van der Waals surface area (Å²) in [7, 11) is 0. The maximum absolute atomic E-state index is 13.3. The van der Waals surface area contributed by atoms with Crippen molar-refractivity contribution in [3.63, 3.8) is 0 Å². The Morgan fingerprint density at radius 2 is 2.11 bits per heavy atom. The van der Waals surface area contributed by atoms with Gasteiger partial charge < -0.3 is 4.74 Å². The van der Waals surface area contributed by atoms with E-state index in [9.17, 15) is 4.39 Å². The molecule has 2 rings (SSSR count). The van der Waals surface area contributed by atoms with Crippen molar-refractivity contribution >= 4 is 39.1 Å². The molecule has 0 amide bonds. The smallest absolute Gasteiger partial charge is 0.238 e. The molecule has 1 heterocycles. The van der Waals surface area contributed by atoms with Crippen LogP contribution in [0, 0.1) is 5.82 Å². The Bertz CT molecular complexity index is 583. The average Bonchev–Trinajstić information content (AvgIpc) is 2.36. The summed E-state index contributed by atoms with van der Waals surface area (Å²) in [4.78, 5) is 8.00. The molecular weight excluding hydrogens is 346 g/mol. The summed E-state index contributed by atoms with van der Waals surface area (Å²) >= 11 is 14.5. The highest BCUT2D eigenvalue weighted by Crippen LogP contribution is 2.33. The quantitative estimate of drug-likeness (QED) is 0.600. The Balaban J connectivity index is 2.30. The third-order valence-corrected chi connectivity index (χ3v) is 3.17. The van der Waals surface area contributed by atoms with Crippen molar-refractivity contribution in [1.29, 1.82) is 0 Å². The molecular formula is C11H6BrCl2FN2O. The highest BCUT2D eigenvalue weighted by Gasteiger charge is 2.10. The van der Waals surface area contributed by atoms with Crippen LogP contribution in [0.2, 0.25) is 5.02 Å². The largest absolute Gasteiger partial charge is 0.436 e. The van der Waals surface area contributed by atoms with Crippen molar-refractivity contribution in [3.8, 4) is 11.6 Å². The Labute approximate surface area is 121 Å². The van der Waals surface area contributed by atoms with Crippen molar-refractivity contribution in [2.45, 2.75) is 5.88 Å². The molecule has 0 aliphatic rings. The summed E-state index contributed by atoms with van der Waals surface area (Å²) in [5, 5.41) is 0.00909. The van der Waals surface area contributed by atoms with Crippen molar-refractivity contribution in [2.75, 3.05) is 0 Å². The molecule has 1 aromatic heterocycles. The van der Waals surface area contributed by atoms with Crippen LogP contribution in [-0.4, -0.2) is 9.97 Å². The third-order valence-electron chi connectivity index (χ3n) is 1.99. The lowest BCUT2D eigenvalue weighted by atomic mass is 10.3. The molecule has 0 saturated carbocycles. The number of hydrogen-bond acceptors (Lipinski definition) is 3. The fraction of sp³-hybridized carbons (Fsp3) is 0.0909. The fourth-order valence-electron chi connectivity index (χ4n) is 1.20. The number of nitrogens with zero attached hydrogens (tertiary/aromatic N) is 2. The summed E-state index contributed by atoms with van der Waals surface area (Å²) in [6, 6.07) is 2.58. The minimum absolute atomic E-state index is 0.00909. The highest BCUT2D eigenvalue weighted by atomic mass is 79.9. The van der Waals surface area contributed by atoms with E-state index >= 15 is 0 Å². The number of hydrogen-bond donors (Lipinski definition) is 0. The molecule has 0 fully saturated rings. The van der Waals surface area contributed by atoms with Gasteiger partial charge in [-0.1, -0.05) is 11.6 Å².